The van der Waals surface area contributed by atoms with Crippen molar-refractivity contribution in [2.24, 2.45) is 0 Å². The van der Waals surface area contributed by atoms with E-state index in [0.717, 1.165) is 0 Å². The Kier molecular flexibility index (Phi) is 5.31. The van der Waals surface area contributed by atoms with Crippen LogP contribution in [-0.4, -0.2) is 33.9 Å². The normalized spacial score (nSPS) is 12.1. The van der Waals surface area contributed by atoms with Crippen molar-refractivity contribution < 1.29 is 29.1 Å². The number of ether oxygens (including phenoxy) is 1. The van der Waals surface area contributed by atoms with Crippen LogP contribution in [-0.2, 0) is 20.9 Å². The molecule has 18 heavy (non-hydrogen) atoms. The molecule has 1 rings (SSSR count). The third kappa shape index (κ3) is 4.54. The molecule has 0 bridgehead atoms. The summed E-state index contributed by atoms with van der Waals surface area (Å²) in [5.74, 6) is -1.49. The van der Waals surface area contributed by atoms with E-state index in [1.165, 1.54) is 13.0 Å². The van der Waals surface area contributed by atoms with Crippen molar-refractivity contribution in [3.63, 3.8) is 0 Å². The zero-order valence-electron chi connectivity index (χ0n) is 9.96. The van der Waals surface area contributed by atoms with Gasteiger partial charge in [0.1, 0.15) is 0 Å². The molecule has 0 aliphatic rings. The minimum Gasteiger partial charge on any atom is -0.481 e. The summed E-state index contributed by atoms with van der Waals surface area (Å²) in [6.45, 7) is 1.10. The lowest BCUT2D eigenvalue weighted by Gasteiger charge is -2.08. The fourth-order valence-electron chi connectivity index (χ4n) is 1.48. The number of hydrogen-bond acceptors (Lipinski definition) is 6. The van der Waals surface area contributed by atoms with Crippen LogP contribution in [0, 0.1) is 0 Å². The van der Waals surface area contributed by atoms with E-state index in [1.807, 2.05) is 0 Å². The first kappa shape index (κ1) is 14.2. The van der Waals surface area contributed by atoms with Crippen molar-refractivity contribution in [1.82, 2.24) is 5.16 Å². The highest BCUT2D eigenvalue weighted by Gasteiger charge is 2.19. The first-order chi connectivity index (χ1) is 8.52. The summed E-state index contributed by atoms with van der Waals surface area (Å²) in [4.78, 5) is 21.3. The number of aliphatic hydroxyl groups is 1. The van der Waals surface area contributed by atoms with Crippen LogP contribution in [0.15, 0.2) is 10.6 Å². The first-order valence-corrected chi connectivity index (χ1v) is 5.44. The molecule has 100 valence electrons. The number of carboxylic acid groups (broad SMARTS) is 1. The van der Waals surface area contributed by atoms with Crippen LogP contribution in [0.5, 0.6) is 0 Å². The Balaban J connectivity index is 2.67. The Morgan fingerprint density at radius 3 is 2.83 bits per heavy atom. The van der Waals surface area contributed by atoms with E-state index < -0.39 is 17.9 Å². The summed E-state index contributed by atoms with van der Waals surface area (Å²) in [6, 6.07) is 1.53. The van der Waals surface area contributed by atoms with Gasteiger partial charge in [0.25, 0.3) is 0 Å². The van der Waals surface area contributed by atoms with Gasteiger partial charge >= 0.3 is 11.9 Å². The second kappa shape index (κ2) is 6.75. The molecule has 0 spiro atoms. The smallest absolute Gasteiger partial charge is 0.304 e. The average molecular weight is 257 g/mol. The lowest BCUT2D eigenvalue weighted by Crippen LogP contribution is -2.08. The fraction of sp³-hybridized carbons (Fsp3) is 0.545. The third-order valence-electron chi connectivity index (χ3n) is 2.31. The monoisotopic (exact) mass is 257 g/mol. The molecule has 2 N–H and O–H groups in total. The van der Waals surface area contributed by atoms with Crippen molar-refractivity contribution in [2.75, 3.05) is 6.61 Å². The van der Waals surface area contributed by atoms with Crippen molar-refractivity contribution in [3.05, 3.63) is 17.5 Å². The Bertz CT molecular complexity index is 413. The Morgan fingerprint density at radius 2 is 2.28 bits per heavy atom. The molecule has 0 fully saturated rings. The molecule has 0 aromatic carbocycles. The van der Waals surface area contributed by atoms with Gasteiger partial charge in [0.15, 0.2) is 12.4 Å². The predicted molar refractivity (Wildman–Crippen MR) is 58.7 cm³/mol. The van der Waals surface area contributed by atoms with Gasteiger partial charge < -0.3 is 19.5 Å². The van der Waals surface area contributed by atoms with E-state index in [2.05, 4.69) is 5.16 Å². The summed E-state index contributed by atoms with van der Waals surface area (Å²) < 4.78 is 9.65. The summed E-state index contributed by atoms with van der Waals surface area (Å²) in [6.07, 6.45) is 0.145. The van der Waals surface area contributed by atoms with E-state index in [9.17, 15) is 9.59 Å². The van der Waals surface area contributed by atoms with Gasteiger partial charge in [0, 0.05) is 25.5 Å². The molecule has 7 nitrogen and oxygen atoms in total. The number of aliphatic hydroxyl groups excluding tert-OH is 1. The van der Waals surface area contributed by atoms with Gasteiger partial charge in [-0.15, -0.1) is 0 Å². The number of carbonyl (C=O) groups excluding carboxylic acids is 1. The van der Waals surface area contributed by atoms with Crippen molar-refractivity contribution in [2.45, 2.75) is 32.3 Å². The highest BCUT2D eigenvalue weighted by molar-refractivity contribution is 5.68. The van der Waals surface area contributed by atoms with Crippen molar-refractivity contribution >= 4 is 11.9 Å². The van der Waals surface area contributed by atoms with Gasteiger partial charge in [-0.1, -0.05) is 5.16 Å². The highest BCUT2D eigenvalue weighted by Crippen LogP contribution is 2.23. The van der Waals surface area contributed by atoms with Crippen molar-refractivity contribution in [3.8, 4) is 0 Å². The summed E-state index contributed by atoms with van der Waals surface area (Å²) in [7, 11) is 0. The maximum atomic E-state index is 10.7. The van der Waals surface area contributed by atoms with Crippen LogP contribution < -0.4 is 0 Å². The van der Waals surface area contributed by atoms with Crippen LogP contribution in [0.4, 0.5) is 0 Å². The van der Waals surface area contributed by atoms with Crippen LogP contribution in [0.1, 0.15) is 37.1 Å². The number of esters is 1. The first-order valence-electron chi connectivity index (χ1n) is 5.44. The zero-order chi connectivity index (χ0) is 13.5. The Labute approximate surface area is 103 Å². The summed E-state index contributed by atoms with van der Waals surface area (Å²) in [5, 5.41) is 21.3. The van der Waals surface area contributed by atoms with E-state index in [1.54, 1.807) is 0 Å². The quantitative estimate of drug-likeness (QED) is 0.691. The highest BCUT2D eigenvalue weighted by atomic mass is 16.5. The molecular formula is C11H15NO6. The molecule has 1 aromatic rings. The number of hydrogen-bond donors (Lipinski definition) is 2. The van der Waals surface area contributed by atoms with E-state index in [0.29, 0.717) is 11.5 Å². The Hall–Kier alpha value is -1.89. The molecule has 0 aliphatic heterocycles. The topological polar surface area (TPSA) is 110 Å². The van der Waals surface area contributed by atoms with Gasteiger partial charge in [-0.2, -0.15) is 0 Å². The van der Waals surface area contributed by atoms with Crippen LogP contribution >= 0.6 is 0 Å². The number of aromatic nitrogens is 1. The average Bonchev–Trinajstić information content (AvgIpc) is 2.73. The number of rotatable bonds is 7. The number of aliphatic carboxylic acids is 1. The molecule has 0 saturated heterocycles. The molecule has 0 radical (unpaired) electrons. The molecule has 0 saturated carbocycles. The van der Waals surface area contributed by atoms with Crippen LogP contribution in [0.25, 0.3) is 0 Å². The van der Waals surface area contributed by atoms with Gasteiger partial charge in [-0.3, -0.25) is 9.59 Å². The molecule has 1 unspecified atom stereocenters. The molecular weight excluding hydrogens is 242 g/mol. The van der Waals surface area contributed by atoms with E-state index in [-0.39, 0.29) is 26.1 Å². The van der Waals surface area contributed by atoms with Gasteiger partial charge in [-0.05, 0) is 6.42 Å². The molecule has 0 aliphatic carbocycles. The standard InChI is InChI=1S/C11H15NO6/c1-7(14)17-6-9-5-10(12-18-9)8(2-3-13)4-11(15)16/h5,8,13H,2-4,6H2,1H3,(H,15,16). The number of carboxylic acids is 1. The molecule has 1 heterocycles. The van der Waals surface area contributed by atoms with Crippen LogP contribution in [0.2, 0.25) is 0 Å². The predicted octanol–water partition coefficient (Wildman–Crippen LogP) is 0.678. The zero-order valence-corrected chi connectivity index (χ0v) is 9.96. The number of nitrogens with zero attached hydrogens (tertiary/aromatic N) is 1. The summed E-state index contributed by atoms with van der Waals surface area (Å²) >= 11 is 0. The lowest BCUT2D eigenvalue weighted by atomic mass is 9.98. The van der Waals surface area contributed by atoms with E-state index >= 15 is 0 Å². The maximum Gasteiger partial charge on any atom is 0.304 e. The summed E-state index contributed by atoms with van der Waals surface area (Å²) in [5.41, 5.74) is 0.439. The van der Waals surface area contributed by atoms with Gasteiger partial charge in [0.05, 0.1) is 12.1 Å². The fourth-order valence-corrected chi connectivity index (χ4v) is 1.48. The number of carbonyl (C=O) groups is 2. The van der Waals surface area contributed by atoms with E-state index in [4.69, 9.17) is 19.5 Å². The second-order valence-electron chi connectivity index (χ2n) is 3.81. The minimum atomic E-state index is -0.974. The van der Waals surface area contributed by atoms with Crippen molar-refractivity contribution in [1.29, 1.82) is 0 Å². The Morgan fingerprint density at radius 1 is 1.56 bits per heavy atom. The molecule has 7 heteroatoms. The van der Waals surface area contributed by atoms with Crippen LogP contribution in [0.3, 0.4) is 0 Å². The third-order valence-corrected chi connectivity index (χ3v) is 2.31. The molecule has 1 atom stereocenters. The second-order valence-corrected chi connectivity index (χ2v) is 3.81. The maximum absolute atomic E-state index is 10.7. The minimum absolute atomic E-state index is 0.0404. The largest absolute Gasteiger partial charge is 0.481 e. The molecule has 0 amide bonds. The SMILES string of the molecule is CC(=O)OCc1cc(C(CCO)CC(=O)O)no1. The lowest BCUT2D eigenvalue weighted by molar-refractivity contribution is -0.143. The molecule has 1 aromatic heterocycles. The van der Waals surface area contributed by atoms with Gasteiger partial charge in [0.2, 0.25) is 0 Å². The van der Waals surface area contributed by atoms with Gasteiger partial charge in [-0.25, -0.2) is 0 Å².